The van der Waals surface area contributed by atoms with Gasteiger partial charge in [-0.05, 0) is 47.5 Å². The van der Waals surface area contributed by atoms with E-state index in [1.165, 1.54) is 31.2 Å². The second kappa shape index (κ2) is 8.71. The molecule has 0 spiro atoms. The van der Waals surface area contributed by atoms with E-state index in [0.717, 1.165) is 5.56 Å². The lowest BCUT2D eigenvalue weighted by molar-refractivity contribution is -0.142. The summed E-state index contributed by atoms with van der Waals surface area (Å²) < 4.78 is 36.4. The van der Waals surface area contributed by atoms with Crippen molar-refractivity contribution in [1.29, 1.82) is 0 Å². The first kappa shape index (κ1) is 19.6. The molecule has 5 nitrogen and oxygen atoms in total. The fourth-order valence-electron chi connectivity index (χ4n) is 2.58. The molecule has 3 aromatic carbocycles. The van der Waals surface area contributed by atoms with Gasteiger partial charge in [0.15, 0.2) is 0 Å². The number of hydrogen-bond donors (Lipinski definition) is 0. The molecular weight excluding hydrogens is 376 g/mol. The standard InChI is InChI=1S/C22H20O5S/c1-17(23)26-16-19-8-5-9-22(14-19)28(24,25)21-12-10-20(11-13-21)27-15-18-6-3-2-4-7-18/h2-14H,15-16H2,1H3. The maximum Gasteiger partial charge on any atom is 0.302 e. The number of ether oxygens (including phenoxy) is 2. The van der Waals surface area contributed by atoms with Crippen molar-refractivity contribution in [1.82, 2.24) is 0 Å². The van der Waals surface area contributed by atoms with E-state index in [-0.39, 0.29) is 16.4 Å². The first-order valence-electron chi connectivity index (χ1n) is 8.69. The second-order valence-corrected chi connectivity index (χ2v) is 8.13. The Morgan fingerprint density at radius 2 is 1.46 bits per heavy atom. The molecule has 0 N–H and O–H groups in total. The summed E-state index contributed by atoms with van der Waals surface area (Å²) in [6.07, 6.45) is 0. The number of rotatable bonds is 7. The summed E-state index contributed by atoms with van der Waals surface area (Å²) in [5.74, 6) is 0.172. The number of benzene rings is 3. The molecule has 0 atom stereocenters. The summed E-state index contributed by atoms with van der Waals surface area (Å²) in [6, 6.07) is 22.4. The van der Waals surface area contributed by atoms with E-state index in [0.29, 0.717) is 17.9 Å². The van der Waals surface area contributed by atoms with E-state index >= 15 is 0 Å². The highest BCUT2D eigenvalue weighted by Gasteiger charge is 2.18. The first-order valence-corrected chi connectivity index (χ1v) is 10.2. The summed E-state index contributed by atoms with van der Waals surface area (Å²) in [5.41, 5.74) is 1.64. The van der Waals surface area contributed by atoms with Crippen molar-refractivity contribution < 1.29 is 22.7 Å². The van der Waals surface area contributed by atoms with Gasteiger partial charge in [-0.25, -0.2) is 8.42 Å². The highest BCUT2D eigenvalue weighted by atomic mass is 32.2. The van der Waals surface area contributed by atoms with Crippen molar-refractivity contribution in [3.05, 3.63) is 90.0 Å². The van der Waals surface area contributed by atoms with E-state index in [4.69, 9.17) is 9.47 Å². The zero-order valence-corrected chi connectivity index (χ0v) is 16.2. The topological polar surface area (TPSA) is 69.7 Å². The molecule has 0 amide bonds. The van der Waals surface area contributed by atoms with Gasteiger partial charge in [0.25, 0.3) is 0 Å². The van der Waals surface area contributed by atoms with E-state index in [1.54, 1.807) is 24.3 Å². The normalized spacial score (nSPS) is 11.0. The Morgan fingerprint density at radius 3 is 2.14 bits per heavy atom. The van der Waals surface area contributed by atoms with Crippen LogP contribution in [0.3, 0.4) is 0 Å². The Morgan fingerprint density at radius 1 is 0.786 bits per heavy atom. The van der Waals surface area contributed by atoms with Gasteiger partial charge in [-0.3, -0.25) is 4.79 Å². The maximum atomic E-state index is 12.9. The number of carbonyl (C=O) groups excluding carboxylic acids is 1. The van der Waals surface area contributed by atoms with Crippen molar-refractivity contribution in [2.75, 3.05) is 0 Å². The van der Waals surface area contributed by atoms with Gasteiger partial charge in [0.2, 0.25) is 9.84 Å². The Kier molecular flexibility index (Phi) is 6.11. The van der Waals surface area contributed by atoms with Crippen molar-refractivity contribution in [3.8, 4) is 5.75 Å². The van der Waals surface area contributed by atoms with Crippen LogP contribution in [0.4, 0.5) is 0 Å². The molecule has 3 aromatic rings. The minimum atomic E-state index is -3.68. The van der Waals surface area contributed by atoms with Crippen LogP contribution >= 0.6 is 0 Å². The summed E-state index contributed by atoms with van der Waals surface area (Å²) in [6.45, 7) is 1.75. The van der Waals surface area contributed by atoms with Crippen molar-refractivity contribution in [3.63, 3.8) is 0 Å². The molecule has 6 heteroatoms. The van der Waals surface area contributed by atoms with Crippen LogP contribution in [0, 0.1) is 0 Å². The van der Waals surface area contributed by atoms with E-state index < -0.39 is 15.8 Å². The Hall–Kier alpha value is -3.12. The number of sulfone groups is 1. The monoisotopic (exact) mass is 396 g/mol. The molecule has 0 radical (unpaired) electrons. The highest BCUT2D eigenvalue weighted by Crippen LogP contribution is 2.24. The van der Waals surface area contributed by atoms with Gasteiger partial charge in [-0.15, -0.1) is 0 Å². The van der Waals surface area contributed by atoms with Crippen LogP contribution in [-0.4, -0.2) is 14.4 Å². The smallest absolute Gasteiger partial charge is 0.302 e. The van der Waals surface area contributed by atoms with Gasteiger partial charge < -0.3 is 9.47 Å². The fourth-order valence-corrected chi connectivity index (χ4v) is 3.91. The molecule has 0 heterocycles. The van der Waals surface area contributed by atoms with Gasteiger partial charge in [0.1, 0.15) is 19.0 Å². The van der Waals surface area contributed by atoms with Gasteiger partial charge in [0, 0.05) is 6.92 Å². The molecule has 144 valence electrons. The second-order valence-electron chi connectivity index (χ2n) is 6.18. The molecule has 0 saturated heterocycles. The first-order chi connectivity index (χ1) is 13.4. The third-order valence-electron chi connectivity index (χ3n) is 4.03. The Bertz CT molecular complexity index is 1040. The number of carbonyl (C=O) groups is 1. The summed E-state index contributed by atoms with van der Waals surface area (Å²) >= 11 is 0. The van der Waals surface area contributed by atoms with Gasteiger partial charge in [-0.1, -0.05) is 42.5 Å². The molecule has 3 rings (SSSR count). The molecule has 0 aliphatic heterocycles. The maximum absolute atomic E-state index is 12.9. The summed E-state index contributed by atoms with van der Waals surface area (Å²) in [4.78, 5) is 11.3. The van der Waals surface area contributed by atoms with Crippen LogP contribution in [0.1, 0.15) is 18.1 Å². The largest absolute Gasteiger partial charge is 0.489 e. The summed E-state index contributed by atoms with van der Waals surface area (Å²) in [7, 11) is -3.68. The van der Waals surface area contributed by atoms with E-state index in [9.17, 15) is 13.2 Å². The van der Waals surface area contributed by atoms with Crippen LogP contribution in [0.25, 0.3) is 0 Å². The minimum Gasteiger partial charge on any atom is -0.489 e. The third kappa shape index (κ3) is 4.98. The SMILES string of the molecule is CC(=O)OCc1cccc(S(=O)(=O)c2ccc(OCc3ccccc3)cc2)c1. The molecule has 0 fully saturated rings. The molecule has 0 aliphatic carbocycles. The lowest BCUT2D eigenvalue weighted by Gasteiger charge is -2.09. The van der Waals surface area contributed by atoms with Gasteiger partial charge in [0.05, 0.1) is 9.79 Å². The molecule has 0 bridgehead atoms. The van der Waals surface area contributed by atoms with E-state index in [1.807, 2.05) is 30.3 Å². The quantitative estimate of drug-likeness (QED) is 0.561. The fraction of sp³-hybridized carbons (Fsp3) is 0.136. The molecular formula is C22H20O5S. The highest BCUT2D eigenvalue weighted by molar-refractivity contribution is 7.91. The minimum absolute atomic E-state index is 0.0327. The van der Waals surface area contributed by atoms with Gasteiger partial charge >= 0.3 is 5.97 Å². The molecule has 0 unspecified atom stereocenters. The summed E-state index contributed by atoms with van der Waals surface area (Å²) in [5, 5.41) is 0. The molecule has 28 heavy (non-hydrogen) atoms. The van der Waals surface area contributed by atoms with Crippen molar-refractivity contribution >= 4 is 15.8 Å². The average Bonchev–Trinajstić information content (AvgIpc) is 2.72. The van der Waals surface area contributed by atoms with Crippen LogP contribution in [0.15, 0.2) is 88.7 Å². The third-order valence-corrected chi connectivity index (χ3v) is 5.80. The van der Waals surface area contributed by atoms with Crippen molar-refractivity contribution in [2.45, 2.75) is 29.9 Å². The average molecular weight is 396 g/mol. The molecule has 0 aliphatic rings. The zero-order valence-electron chi connectivity index (χ0n) is 15.4. The lowest BCUT2D eigenvalue weighted by atomic mass is 10.2. The Balaban J connectivity index is 1.73. The van der Waals surface area contributed by atoms with E-state index in [2.05, 4.69) is 0 Å². The van der Waals surface area contributed by atoms with Crippen LogP contribution in [-0.2, 0) is 32.6 Å². The van der Waals surface area contributed by atoms with Crippen LogP contribution in [0.5, 0.6) is 5.75 Å². The van der Waals surface area contributed by atoms with Crippen molar-refractivity contribution in [2.24, 2.45) is 0 Å². The predicted molar refractivity (Wildman–Crippen MR) is 105 cm³/mol. The lowest BCUT2D eigenvalue weighted by Crippen LogP contribution is -2.04. The van der Waals surface area contributed by atoms with Crippen LogP contribution in [0.2, 0.25) is 0 Å². The zero-order chi connectivity index (χ0) is 20.0. The van der Waals surface area contributed by atoms with Crippen LogP contribution < -0.4 is 4.74 Å². The van der Waals surface area contributed by atoms with Gasteiger partial charge in [-0.2, -0.15) is 0 Å². The predicted octanol–water partition coefficient (Wildman–Crippen LogP) is 4.16. The number of esters is 1. The molecule has 0 aromatic heterocycles. The Labute approximate surface area is 164 Å². The number of hydrogen-bond acceptors (Lipinski definition) is 5. The molecule has 0 saturated carbocycles.